The Balaban J connectivity index is 0.00000312. The molecule has 1 unspecified atom stereocenters. The van der Waals surface area contributed by atoms with Crippen LogP contribution in [-0.2, 0) is 4.79 Å². The Kier molecular flexibility index (Phi) is 9.03. The normalized spacial score (nSPS) is 11.3. The summed E-state index contributed by atoms with van der Waals surface area (Å²) in [5.74, 6) is 0.947. The third-order valence-corrected chi connectivity index (χ3v) is 4.04. The van der Waals surface area contributed by atoms with Crippen molar-refractivity contribution in [2.24, 2.45) is 0 Å². The average molecular weight is 363 g/mol. The molecule has 25 heavy (non-hydrogen) atoms. The highest BCUT2D eigenvalue weighted by atomic mass is 35.5. The Morgan fingerprint density at radius 3 is 2.44 bits per heavy atom. The van der Waals surface area contributed by atoms with Crippen LogP contribution in [0.1, 0.15) is 31.4 Å². The van der Waals surface area contributed by atoms with Gasteiger partial charge in [0, 0.05) is 12.0 Å². The van der Waals surface area contributed by atoms with Gasteiger partial charge in [-0.05, 0) is 44.1 Å². The quantitative estimate of drug-likeness (QED) is 0.699. The Labute approximate surface area is 156 Å². The molecule has 0 heterocycles. The molecule has 2 N–H and O–H groups in total. The van der Waals surface area contributed by atoms with Crippen LogP contribution in [0.3, 0.4) is 0 Å². The molecule has 0 aromatic heterocycles. The van der Waals surface area contributed by atoms with Gasteiger partial charge < -0.3 is 15.4 Å². The van der Waals surface area contributed by atoms with E-state index in [1.54, 1.807) is 7.11 Å². The SMILES string of the molecule is CNCCCC(=O)NC(C)c1ccc(-c2ccccc2OC)cc1.Cl. The summed E-state index contributed by atoms with van der Waals surface area (Å²) in [4.78, 5) is 11.9. The van der Waals surface area contributed by atoms with Crippen molar-refractivity contribution in [3.63, 3.8) is 0 Å². The van der Waals surface area contributed by atoms with Crippen molar-refractivity contribution >= 4 is 18.3 Å². The largest absolute Gasteiger partial charge is 0.496 e. The van der Waals surface area contributed by atoms with E-state index in [0.29, 0.717) is 6.42 Å². The Hall–Kier alpha value is -2.04. The number of rotatable bonds is 8. The van der Waals surface area contributed by atoms with Crippen molar-refractivity contribution in [1.29, 1.82) is 0 Å². The van der Waals surface area contributed by atoms with Crippen LogP contribution >= 0.6 is 12.4 Å². The van der Waals surface area contributed by atoms with Crippen molar-refractivity contribution in [3.8, 4) is 16.9 Å². The van der Waals surface area contributed by atoms with Crippen molar-refractivity contribution < 1.29 is 9.53 Å². The zero-order valence-electron chi connectivity index (χ0n) is 15.0. The monoisotopic (exact) mass is 362 g/mol. The molecule has 0 radical (unpaired) electrons. The molecule has 0 aliphatic carbocycles. The lowest BCUT2D eigenvalue weighted by Crippen LogP contribution is -2.27. The first kappa shape index (κ1) is 21.0. The van der Waals surface area contributed by atoms with E-state index in [2.05, 4.69) is 34.9 Å². The summed E-state index contributed by atoms with van der Waals surface area (Å²) >= 11 is 0. The van der Waals surface area contributed by atoms with Crippen molar-refractivity contribution in [2.45, 2.75) is 25.8 Å². The van der Waals surface area contributed by atoms with E-state index in [4.69, 9.17) is 4.74 Å². The van der Waals surface area contributed by atoms with Gasteiger partial charge in [-0.1, -0.05) is 42.5 Å². The summed E-state index contributed by atoms with van der Waals surface area (Å²) in [6.07, 6.45) is 1.40. The summed E-state index contributed by atoms with van der Waals surface area (Å²) in [5.41, 5.74) is 3.26. The van der Waals surface area contributed by atoms with Gasteiger partial charge in [0.05, 0.1) is 13.2 Å². The fourth-order valence-corrected chi connectivity index (χ4v) is 2.66. The van der Waals surface area contributed by atoms with Crippen molar-refractivity contribution in [3.05, 3.63) is 54.1 Å². The van der Waals surface area contributed by atoms with Gasteiger partial charge in [0.2, 0.25) is 5.91 Å². The van der Waals surface area contributed by atoms with Crippen LogP contribution in [0.5, 0.6) is 5.75 Å². The van der Waals surface area contributed by atoms with Gasteiger partial charge in [-0.3, -0.25) is 4.79 Å². The van der Waals surface area contributed by atoms with Crippen LogP contribution in [0.2, 0.25) is 0 Å². The third kappa shape index (κ3) is 6.07. The summed E-state index contributed by atoms with van der Waals surface area (Å²) in [5, 5.41) is 6.09. The van der Waals surface area contributed by atoms with E-state index in [0.717, 1.165) is 35.4 Å². The smallest absolute Gasteiger partial charge is 0.220 e. The predicted octanol–water partition coefficient (Wildman–Crippen LogP) is 3.96. The van der Waals surface area contributed by atoms with E-state index in [1.165, 1.54) is 0 Å². The molecule has 0 saturated heterocycles. The number of benzene rings is 2. The molecule has 0 fully saturated rings. The lowest BCUT2D eigenvalue weighted by Gasteiger charge is -2.15. The first-order chi connectivity index (χ1) is 11.7. The second-order valence-electron chi connectivity index (χ2n) is 5.82. The van der Waals surface area contributed by atoms with Gasteiger partial charge in [0.25, 0.3) is 0 Å². The predicted molar refractivity (Wildman–Crippen MR) is 105 cm³/mol. The van der Waals surface area contributed by atoms with E-state index in [-0.39, 0.29) is 24.4 Å². The molecule has 0 aliphatic rings. The van der Waals surface area contributed by atoms with Crippen LogP contribution in [0, 0.1) is 0 Å². The van der Waals surface area contributed by atoms with Gasteiger partial charge in [0.1, 0.15) is 5.75 Å². The summed E-state index contributed by atoms with van der Waals surface area (Å²) in [7, 11) is 3.57. The molecule has 4 nitrogen and oxygen atoms in total. The fraction of sp³-hybridized carbons (Fsp3) is 0.350. The summed E-state index contributed by atoms with van der Waals surface area (Å²) < 4.78 is 5.41. The van der Waals surface area contributed by atoms with Gasteiger partial charge in [-0.25, -0.2) is 0 Å². The number of methoxy groups -OCH3 is 1. The minimum Gasteiger partial charge on any atom is -0.496 e. The number of para-hydroxylation sites is 1. The van der Waals surface area contributed by atoms with Crippen LogP contribution in [0.25, 0.3) is 11.1 Å². The zero-order valence-corrected chi connectivity index (χ0v) is 15.9. The number of nitrogens with one attached hydrogen (secondary N) is 2. The molecule has 0 bridgehead atoms. The van der Waals surface area contributed by atoms with Gasteiger partial charge >= 0.3 is 0 Å². The average Bonchev–Trinajstić information content (AvgIpc) is 2.62. The standard InChI is InChI=1S/C20H26N2O2.ClH/c1-15(22-20(23)9-6-14-21-2)16-10-12-17(13-11-16)18-7-4-5-8-19(18)24-3;/h4-5,7-8,10-13,15,21H,6,9,14H2,1-3H3,(H,22,23);1H. The topological polar surface area (TPSA) is 50.4 Å². The van der Waals surface area contributed by atoms with Crippen LogP contribution in [0.4, 0.5) is 0 Å². The number of ether oxygens (including phenoxy) is 1. The minimum absolute atomic E-state index is 0. The molecule has 0 aliphatic heterocycles. The highest BCUT2D eigenvalue weighted by Crippen LogP contribution is 2.30. The van der Waals surface area contributed by atoms with Crippen LogP contribution < -0.4 is 15.4 Å². The molecule has 2 aromatic rings. The maximum Gasteiger partial charge on any atom is 0.220 e. The van der Waals surface area contributed by atoms with E-state index >= 15 is 0 Å². The summed E-state index contributed by atoms with van der Waals surface area (Å²) in [6, 6.07) is 16.2. The first-order valence-electron chi connectivity index (χ1n) is 8.33. The fourth-order valence-electron chi connectivity index (χ4n) is 2.66. The van der Waals surface area contributed by atoms with Gasteiger partial charge in [-0.2, -0.15) is 0 Å². The van der Waals surface area contributed by atoms with E-state index in [1.807, 2.05) is 38.2 Å². The molecule has 0 spiro atoms. The Morgan fingerprint density at radius 2 is 1.80 bits per heavy atom. The molecule has 1 amide bonds. The number of amides is 1. The second-order valence-corrected chi connectivity index (χ2v) is 5.82. The molecule has 0 saturated carbocycles. The van der Waals surface area contributed by atoms with E-state index < -0.39 is 0 Å². The Bertz CT molecular complexity index is 659. The second kappa shape index (κ2) is 10.7. The number of carbonyl (C=O) groups is 1. The van der Waals surface area contributed by atoms with Crippen molar-refractivity contribution in [1.82, 2.24) is 10.6 Å². The highest BCUT2D eigenvalue weighted by molar-refractivity contribution is 5.85. The number of hydrogen-bond acceptors (Lipinski definition) is 3. The molecule has 136 valence electrons. The third-order valence-electron chi connectivity index (χ3n) is 4.04. The molecule has 1 atom stereocenters. The molecular formula is C20H27ClN2O2. The molecular weight excluding hydrogens is 336 g/mol. The zero-order chi connectivity index (χ0) is 17.4. The molecule has 2 aromatic carbocycles. The van der Waals surface area contributed by atoms with Crippen LogP contribution in [0.15, 0.2) is 48.5 Å². The number of carbonyl (C=O) groups excluding carboxylic acids is 1. The maximum atomic E-state index is 11.9. The van der Waals surface area contributed by atoms with Gasteiger partial charge in [0.15, 0.2) is 0 Å². The molecule has 2 rings (SSSR count). The van der Waals surface area contributed by atoms with Gasteiger partial charge in [-0.15, -0.1) is 12.4 Å². The first-order valence-corrected chi connectivity index (χ1v) is 8.33. The van der Waals surface area contributed by atoms with E-state index in [9.17, 15) is 4.79 Å². The Morgan fingerprint density at radius 1 is 1.12 bits per heavy atom. The highest BCUT2D eigenvalue weighted by Gasteiger charge is 2.10. The van der Waals surface area contributed by atoms with Crippen LogP contribution in [-0.4, -0.2) is 26.6 Å². The molecule has 5 heteroatoms. The lowest BCUT2D eigenvalue weighted by atomic mass is 10.0. The lowest BCUT2D eigenvalue weighted by molar-refractivity contribution is -0.121. The number of hydrogen-bond donors (Lipinski definition) is 2. The minimum atomic E-state index is -0.00111. The van der Waals surface area contributed by atoms with Crippen molar-refractivity contribution in [2.75, 3.05) is 20.7 Å². The number of halogens is 1. The summed E-state index contributed by atoms with van der Waals surface area (Å²) in [6.45, 7) is 2.86. The maximum absolute atomic E-state index is 11.9.